The smallest absolute Gasteiger partial charge is 0.253 e. The number of amides is 1. The van der Waals surface area contributed by atoms with E-state index in [0.29, 0.717) is 36.5 Å². The van der Waals surface area contributed by atoms with Crippen LogP contribution < -0.4 is 10.6 Å². The maximum Gasteiger partial charge on any atom is 0.253 e. The molecule has 0 spiro atoms. The molecule has 1 heterocycles. The van der Waals surface area contributed by atoms with Crippen LogP contribution in [0.3, 0.4) is 0 Å². The van der Waals surface area contributed by atoms with Crippen LogP contribution >= 0.6 is 0 Å². The summed E-state index contributed by atoms with van der Waals surface area (Å²) in [6.07, 6.45) is 2.36. The predicted octanol–water partition coefficient (Wildman–Crippen LogP) is 2.76. The van der Waals surface area contributed by atoms with Gasteiger partial charge >= 0.3 is 0 Å². The number of hydrogen-bond donors (Lipinski definition) is 2. The Morgan fingerprint density at radius 3 is 2.76 bits per heavy atom. The maximum absolute atomic E-state index is 13.4. The van der Waals surface area contributed by atoms with Gasteiger partial charge in [0, 0.05) is 25.0 Å². The molecule has 0 aliphatic heterocycles. The van der Waals surface area contributed by atoms with Crippen LogP contribution in [0.2, 0.25) is 0 Å². The number of carbonyl (C=O) groups excluding carboxylic acids is 1. The Bertz CT molecular complexity index is 616. The molecule has 0 atom stereocenters. The molecule has 0 bridgehead atoms. The van der Waals surface area contributed by atoms with Gasteiger partial charge in [0.25, 0.3) is 5.91 Å². The lowest BCUT2D eigenvalue weighted by atomic mass is 10.2. The van der Waals surface area contributed by atoms with E-state index < -0.39 is 0 Å². The van der Waals surface area contributed by atoms with E-state index in [1.54, 1.807) is 43.5 Å². The van der Waals surface area contributed by atoms with Gasteiger partial charge in [0.2, 0.25) is 0 Å². The minimum atomic E-state index is -0.271. The Morgan fingerprint density at radius 1 is 1.19 bits per heavy atom. The molecule has 21 heavy (non-hydrogen) atoms. The Labute approximate surface area is 123 Å². The van der Waals surface area contributed by atoms with Gasteiger partial charge in [0.05, 0.1) is 11.3 Å². The third-order valence-electron chi connectivity index (χ3n) is 3.08. The zero-order chi connectivity index (χ0) is 15.1. The number of nitrogens with zero attached hydrogens (tertiary/aromatic N) is 1. The summed E-state index contributed by atoms with van der Waals surface area (Å²) >= 11 is 0. The molecule has 0 aliphatic rings. The summed E-state index contributed by atoms with van der Waals surface area (Å²) in [5.41, 5.74) is 1.77. The summed E-state index contributed by atoms with van der Waals surface area (Å²) in [5, 5.41) is 5.83. The Morgan fingerprint density at radius 2 is 2.00 bits per heavy atom. The van der Waals surface area contributed by atoms with Crippen molar-refractivity contribution in [3.8, 4) is 0 Å². The van der Waals surface area contributed by atoms with E-state index in [1.807, 2.05) is 0 Å². The Kier molecular flexibility index (Phi) is 5.26. The maximum atomic E-state index is 13.4. The van der Waals surface area contributed by atoms with Gasteiger partial charge < -0.3 is 10.6 Å². The summed E-state index contributed by atoms with van der Waals surface area (Å²) in [4.78, 5) is 16.0. The van der Waals surface area contributed by atoms with Crippen LogP contribution in [-0.4, -0.2) is 24.0 Å². The quantitative estimate of drug-likeness (QED) is 0.803. The van der Waals surface area contributed by atoms with Crippen LogP contribution in [0.5, 0.6) is 0 Å². The van der Waals surface area contributed by atoms with Gasteiger partial charge in [-0.15, -0.1) is 0 Å². The molecule has 1 amide bonds. The van der Waals surface area contributed by atoms with Crippen LogP contribution in [0, 0.1) is 12.7 Å². The summed E-state index contributed by atoms with van der Waals surface area (Å²) < 4.78 is 13.4. The number of para-hydroxylation sites is 1. The number of hydrogen-bond acceptors (Lipinski definition) is 3. The zero-order valence-corrected chi connectivity index (χ0v) is 11.9. The van der Waals surface area contributed by atoms with Gasteiger partial charge in [-0.05, 0) is 37.6 Å². The lowest BCUT2D eigenvalue weighted by Crippen LogP contribution is -2.26. The fourth-order valence-corrected chi connectivity index (χ4v) is 1.94. The predicted molar refractivity (Wildman–Crippen MR) is 80.8 cm³/mol. The third-order valence-corrected chi connectivity index (χ3v) is 3.08. The van der Waals surface area contributed by atoms with Gasteiger partial charge in [0.15, 0.2) is 0 Å². The first kappa shape index (κ1) is 15.0. The lowest BCUT2D eigenvalue weighted by Gasteiger charge is -2.09. The number of anilines is 1. The summed E-state index contributed by atoms with van der Waals surface area (Å²) in [7, 11) is 0. The summed E-state index contributed by atoms with van der Waals surface area (Å²) in [6, 6.07) is 10.0. The molecule has 1 aromatic carbocycles. The van der Waals surface area contributed by atoms with Crippen molar-refractivity contribution in [3.63, 3.8) is 0 Å². The van der Waals surface area contributed by atoms with Crippen molar-refractivity contribution in [1.29, 1.82) is 0 Å². The molecule has 0 radical (unpaired) electrons. The minimum absolute atomic E-state index is 0.133. The Balaban J connectivity index is 1.72. The molecule has 5 heteroatoms. The van der Waals surface area contributed by atoms with Gasteiger partial charge in [-0.2, -0.15) is 0 Å². The van der Waals surface area contributed by atoms with Crippen molar-refractivity contribution in [2.45, 2.75) is 13.3 Å². The summed E-state index contributed by atoms with van der Waals surface area (Å²) in [5.74, 6) is -0.404. The van der Waals surface area contributed by atoms with E-state index in [4.69, 9.17) is 0 Å². The first-order valence-corrected chi connectivity index (χ1v) is 6.86. The number of carbonyl (C=O) groups is 1. The molecule has 0 saturated heterocycles. The van der Waals surface area contributed by atoms with Gasteiger partial charge in [0.1, 0.15) is 5.82 Å². The molecular formula is C16H18FN3O. The highest BCUT2D eigenvalue weighted by atomic mass is 19.1. The monoisotopic (exact) mass is 287 g/mol. The summed E-state index contributed by atoms with van der Waals surface area (Å²) in [6.45, 7) is 2.91. The first-order valence-electron chi connectivity index (χ1n) is 6.86. The highest BCUT2D eigenvalue weighted by Gasteiger charge is 2.07. The van der Waals surface area contributed by atoms with Gasteiger partial charge in [-0.3, -0.25) is 9.78 Å². The molecular weight excluding hydrogens is 269 g/mol. The second kappa shape index (κ2) is 7.38. The van der Waals surface area contributed by atoms with E-state index >= 15 is 0 Å². The number of nitrogens with one attached hydrogen (secondary N) is 2. The fourth-order valence-electron chi connectivity index (χ4n) is 1.94. The number of benzene rings is 1. The second-order valence-electron chi connectivity index (χ2n) is 4.65. The zero-order valence-electron chi connectivity index (χ0n) is 11.9. The molecule has 1 aromatic heterocycles. The molecule has 4 nitrogen and oxygen atoms in total. The topological polar surface area (TPSA) is 54.0 Å². The van der Waals surface area contributed by atoms with E-state index in [2.05, 4.69) is 15.6 Å². The second-order valence-corrected chi connectivity index (χ2v) is 4.65. The number of rotatable bonds is 6. The van der Waals surface area contributed by atoms with Crippen LogP contribution in [0.25, 0.3) is 0 Å². The molecule has 0 saturated carbocycles. The van der Waals surface area contributed by atoms with Crippen molar-refractivity contribution < 1.29 is 9.18 Å². The van der Waals surface area contributed by atoms with E-state index in [1.165, 1.54) is 6.07 Å². The van der Waals surface area contributed by atoms with E-state index in [-0.39, 0.29) is 11.7 Å². The molecule has 2 N–H and O–H groups in total. The normalized spacial score (nSPS) is 10.2. The van der Waals surface area contributed by atoms with Gasteiger partial charge in [-0.1, -0.05) is 12.1 Å². The first-order chi connectivity index (χ1) is 10.2. The van der Waals surface area contributed by atoms with Crippen LogP contribution in [0.15, 0.2) is 42.6 Å². The standard InChI is InChI=1S/C16H18FN3O/c1-12-13(6-4-9-18-12)16(21)20-11-5-10-19-15-8-3-2-7-14(15)17/h2-4,6-9,19H,5,10-11H2,1H3,(H,20,21). The number of aryl methyl sites for hydroxylation is 1. The highest BCUT2D eigenvalue weighted by Crippen LogP contribution is 2.11. The molecule has 0 aliphatic carbocycles. The minimum Gasteiger partial charge on any atom is -0.383 e. The Hall–Kier alpha value is -2.43. The lowest BCUT2D eigenvalue weighted by molar-refractivity contribution is 0.0952. The van der Waals surface area contributed by atoms with Crippen molar-refractivity contribution in [2.24, 2.45) is 0 Å². The highest BCUT2D eigenvalue weighted by molar-refractivity contribution is 5.95. The average Bonchev–Trinajstić information content (AvgIpc) is 2.49. The number of pyridine rings is 1. The van der Waals surface area contributed by atoms with Crippen molar-refractivity contribution in [2.75, 3.05) is 18.4 Å². The molecule has 2 aromatic rings. The van der Waals surface area contributed by atoms with E-state index in [0.717, 1.165) is 0 Å². The van der Waals surface area contributed by atoms with Crippen molar-refractivity contribution in [3.05, 3.63) is 59.7 Å². The van der Waals surface area contributed by atoms with Crippen LogP contribution in [0.1, 0.15) is 22.5 Å². The van der Waals surface area contributed by atoms with Crippen LogP contribution in [0.4, 0.5) is 10.1 Å². The number of aromatic nitrogens is 1. The third kappa shape index (κ3) is 4.27. The molecule has 2 rings (SSSR count). The van der Waals surface area contributed by atoms with Crippen LogP contribution in [-0.2, 0) is 0 Å². The van der Waals surface area contributed by atoms with Crippen molar-refractivity contribution >= 4 is 11.6 Å². The number of halogens is 1. The van der Waals surface area contributed by atoms with E-state index in [9.17, 15) is 9.18 Å². The molecule has 0 unspecified atom stereocenters. The SMILES string of the molecule is Cc1ncccc1C(=O)NCCCNc1ccccc1F. The molecule has 110 valence electrons. The molecule has 0 fully saturated rings. The van der Waals surface area contributed by atoms with Gasteiger partial charge in [-0.25, -0.2) is 4.39 Å². The average molecular weight is 287 g/mol. The fraction of sp³-hybridized carbons (Fsp3) is 0.250. The largest absolute Gasteiger partial charge is 0.383 e. The van der Waals surface area contributed by atoms with Crippen molar-refractivity contribution in [1.82, 2.24) is 10.3 Å².